The largest absolute Gasteiger partial charge is 0.496 e. The molecule has 330 valence electrons. The van der Waals surface area contributed by atoms with Crippen LogP contribution in [0.4, 0.5) is 0 Å². The van der Waals surface area contributed by atoms with Gasteiger partial charge in [-0.05, 0) is 140 Å². The van der Waals surface area contributed by atoms with Crippen molar-refractivity contribution in [1.82, 2.24) is 14.5 Å². The lowest BCUT2D eigenvalue weighted by atomic mass is 9.83. The Labute approximate surface area is 406 Å². The van der Waals surface area contributed by atoms with Crippen molar-refractivity contribution in [1.29, 1.82) is 0 Å². The summed E-state index contributed by atoms with van der Waals surface area (Å²) < 4.78 is 92.0. The van der Waals surface area contributed by atoms with Crippen molar-refractivity contribution in [2.45, 2.75) is 85.7 Å². The van der Waals surface area contributed by atoms with Gasteiger partial charge in [0.25, 0.3) is 0 Å². The van der Waals surface area contributed by atoms with Crippen LogP contribution in [0, 0.1) is 13.8 Å². The summed E-state index contributed by atoms with van der Waals surface area (Å²) in [6, 6.07) is 51.3. The fourth-order valence-corrected chi connectivity index (χ4v) is 9.09. The van der Waals surface area contributed by atoms with E-state index < -0.39 is 31.9 Å². The summed E-state index contributed by atoms with van der Waals surface area (Å²) in [4.78, 5) is 10.5. The number of rotatable bonds is 9. The highest BCUT2D eigenvalue weighted by molar-refractivity contribution is 5.98. The van der Waals surface area contributed by atoms with Crippen LogP contribution in [-0.2, 0) is 10.8 Å². The molecular formula is C62H61N3O. The Morgan fingerprint density at radius 1 is 0.576 bits per heavy atom. The third-order valence-corrected chi connectivity index (χ3v) is 12.5. The average molecular weight is 874 g/mol. The molecule has 0 aliphatic carbocycles. The fraction of sp³-hybridized carbons (Fsp3) is 0.226. The van der Waals surface area contributed by atoms with E-state index in [0.29, 0.717) is 28.4 Å². The summed E-state index contributed by atoms with van der Waals surface area (Å²) in [5, 5.41) is 0. The van der Waals surface area contributed by atoms with Crippen LogP contribution in [0.1, 0.15) is 103 Å². The monoisotopic (exact) mass is 874 g/mol. The molecule has 4 nitrogen and oxygen atoms in total. The third kappa shape index (κ3) is 8.49. The molecule has 0 N–H and O–H groups in total. The normalized spacial score (nSPS) is 15.0. The first-order chi connectivity index (χ1) is 35.6. The number of aromatic nitrogens is 3. The number of methoxy groups -OCH3 is 1. The molecule has 0 aliphatic heterocycles. The van der Waals surface area contributed by atoms with E-state index in [0.717, 1.165) is 83.5 Å². The second kappa shape index (κ2) is 17.4. The Hall–Kier alpha value is -7.04. The van der Waals surface area contributed by atoms with Gasteiger partial charge in [-0.25, -0.2) is 4.98 Å². The predicted octanol–water partition coefficient (Wildman–Crippen LogP) is 16.8. The van der Waals surface area contributed by atoms with Crippen molar-refractivity contribution in [3.63, 3.8) is 0 Å². The molecule has 9 aromatic rings. The van der Waals surface area contributed by atoms with Crippen LogP contribution in [0.25, 0.3) is 83.9 Å². The standard InChI is InChI=1S/C62H61N3O/c1-39(2)51-37-53(44-21-16-13-17-22-44)57(38-52(51)43-19-14-12-15-20-43)65-56-24-18-23-50(58(56)64-60(65)54-32-40(3)31-41(4)59(54)66-11)46-33-47(35-49(34-46)62(8,9)10)55-36-45(29-30-63-55)42-25-27-48(28-26-42)61(5,6)7/h12-39H,1-11H3/i5D3,6D3,7D3,39D. The lowest BCUT2D eigenvalue weighted by Crippen LogP contribution is -2.11. The molecule has 0 spiro atoms. The molecule has 0 amide bonds. The minimum atomic E-state index is -3.37. The lowest BCUT2D eigenvalue weighted by molar-refractivity contribution is 0.413. The first-order valence-electron chi connectivity index (χ1n) is 27.3. The van der Waals surface area contributed by atoms with Crippen molar-refractivity contribution in [2.75, 3.05) is 7.11 Å². The Balaban J connectivity index is 1.29. The molecule has 2 heterocycles. The summed E-state index contributed by atoms with van der Waals surface area (Å²) in [7, 11) is 1.69. The molecule has 7 aromatic carbocycles. The summed E-state index contributed by atoms with van der Waals surface area (Å²) in [6.45, 7) is 4.36. The number of para-hydroxylation sites is 1. The number of fused-ring (bicyclic) bond motifs is 1. The topological polar surface area (TPSA) is 39.9 Å². The van der Waals surface area contributed by atoms with Crippen LogP contribution >= 0.6 is 0 Å². The van der Waals surface area contributed by atoms with Crippen LogP contribution in [0.5, 0.6) is 5.75 Å². The maximum atomic E-state index is 9.49. The highest BCUT2D eigenvalue weighted by atomic mass is 16.5. The van der Waals surface area contributed by atoms with Gasteiger partial charge in [-0.3, -0.25) is 9.55 Å². The number of aryl methyl sites for hydroxylation is 2. The maximum Gasteiger partial charge on any atom is 0.149 e. The Morgan fingerprint density at radius 2 is 1.26 bits per heavy atom. The summed E-state index contributed by atoms with van der Waals surface area (Å²) in [5.74, 6) is 0.436. The Morgan fingerprint density at radius 3 is 1.91 bits per heavy atom. The zero-order valence-electron chi connectivity index (χ0n) is 48.8. The number of benzene rings is 7. The van der Waals surface area contributed by atoms with Gasteiger partial charge in [-0.1, -0.05) is 164 Å². The number of nitrogens with zero attached hydrogens (tertiary/aromatic N) is 3. The van der Waals surface area contributed by atoms with Crippen LogP contribution < -0.4 is 4.74 Å². The van der Waals surface area contributed by atoms with E-state index >= 15 is 0 Å². The molecule has 0 saturated heterocycles. The minimum Gasteiger partial charge on any atom is -0.496 e. The average Bonchev–Trinajstić information content (AvgIpc) is 3.83. The first-order valence-corrected chi connectivity index (χ1v) is 22.3. The second-order valence-corrected chi connectivity index (χ2v) is 18.6. The molecular weight excluding hydrogens is 803 g/mol. The number of pyridine rings is 1. The van der Waals surface area contributed by atoms with E-state index in [2.05, 4.69) is 117 Å². The fourth-order valence-electron chi connectivity index (χ4n) is 9.09. The smallest absolute Gasteiger partial charge is 0.149 e. The van der Waals surface area contributed by atoms with Crippen molar-refractivity contribution in [3.05, 3.63) is 192 Å². The Bertz CT molecular complexity index is 3580. The third-order valence-electron chi connectivity index (χ3n) is 12.5. The number of imidazole rings is 1. The summed E-state index contributed by atoms with van der Waals surface area (Å²) in [5.41, 5.74) is 12.0. The van der Waals surface area contributed by atoms with Crippen LogP contribution in [0.15, 0.2) is 164 Å². The van der Waals surface area contributed by atoms with E-state index in [1.807, 2.05) is 63.2 Å². The molecule has 2 aromatic heterocycles. The highest BCUT2D eigenvalue weighted by Gasteiger charge is 2.26. The Kier molecular flexibility index (Phi) is 8.82. The summed E-state index contributed by atoms with van der Waals surface area (Å²) in [6.07, 6.45) is 1.69. The number of hydrogen-bond donors (Lipinski definition) is 0. The zero-order chi connectivity index (χ0) is 54.9. The molecule has 0 fully saturated rings. The molecule has 0 radical (unpaired) electrons. The first kappa shape index (κ1) is 33.4. The van der Waals surface area contributed by atoms with E-state index in [1.54, 1.807) is 31.5 Å². The molecule has 0 aliphatic rings. The van der Waals surface area contributed by atoms with Crippen molar-refractivity contribution < 1.29 is 18.4 Å². The van der Waals surface area contributed by atoms with Gasteiger partial charge in [0, 0.05) is 36.6 Å². The molecule has 66 heavy (non-hydrogen) atoms. The molecule has 0 atom stereocenters. The zero-order valence-corrected chi connectivity index (χ0v) is 38.8. The van der Waals surface area contributed by atoms with E-state index in [4.69, 9.17) is 27.0 Å². The van der Waals surface area contributed by atoms with Crippen molar-refractivity contribution in [3.8, 4) is 78.6 Å². The predicted molar refractivity (Wildman–Crippen MR) is 279 cm³/mol. The van der Waals surface area contributed by atoms with Gasteiger partial charge in [0.15, 0.2) is 0 Å². The molecule has 0 saturated carbocycles. The highest BCUT2D eigenvalue weighted by Crippen LogP contribution is 2.45. The van der Waals surface area contributed by atoms with Gasteiger partial charge in [0.1, 0.15) is 11.6 Å². The van der Waals surface area contributed by atoms with E-state index in [1.165, 1.54) is 12.1 Å². The number of ether oxygens (including phenoxy) is 1. The number of hydrogen-bond acceptors (Lipinski definition) is 3. The molecule has 4 heteroatoms. The molecule has 0 unspecified atom stereocenters. The van der Waals surface area contributed by atoms with E-state index in [9.17, 15) is 1.37 Å². The van der Waals surface area contributed by atoms with E-state index in [-0.39, 0.29) is 11.0 Å². The maximum absolute atomic E-state index is 9.49. The second-order valence-electron chi connectivity index (χ2n) is 18.6. The van der Waals surface area contributed by atoms with Gasteiger partial charge >= 0.3 is 0 Å². The quantitative estimate of drug-likeness (QED) is 0.145. The van der Waals surface area contributed by atoms with Crippen LogP contribution in [0.3, 0.4) is 0 Å². The van der Waals surface area contributed by atoms with Gasteiger partial charge in [-0.15, -0.1) is 0 Å². The van der Waals surface area contributed by atoms with Crippen molar-refractivity contribution in [2.24, 2.45) is 0 Å². The van der Waals surface area contributed by atoms with Gasteiger partial charge in [0.2, 0.25) is 0 Å². The van der Waals surface area contributed by atoms with Gasteiger partial charge in [-0.2, -0.15) is 0 Å². The van der Waals surface area contributed by atoms with Gasteiger partial charge < -0.3 is 4.74 Å². The summed E-state index contributed by atoms with van der Waals surface area (Å²) >= 11 is 0. The van der Waals surface area contributed by atoms with Crippen LogP contribution in [0.2, 0.25) is 0 Å². The van der Waals surface area contributed by atoms with Crippen LogP contribution in [-0.4, -0.2) is 21.6 Å². The van der Waals surface area contributed by atoms with Crippen molar-refractivity contribution >= 4 is 11.0 Å². The van der Waals surface area contributed by atoms with Gasteiger partial charge in [0.05, 0.1) is 35.1 Å². The molecule has 9 rings (SSSR count). The lowest BCUT2D eigenvalue weighted by Gasteiger charge is -2.22. The minimum absolute atomic E-state index is 0.310. The SMILES string of the molecule is [2H]C(C)(C)c1cc(-c2ccccc2)c(-n2c(-c3cc(C)cc(C)c3OC)nc3c(-c4cc(-c5cc(-c6ccc(C(C([2H])([2H])[2H])(C([2H])([2H])[2H])C([2H])([2H])[2H])cc6)ccn5)cc(C(C)(C)C)c4)cccc32)cc1-c1ccccc1. The molecule has 0 bridgehead atoms.